The normalized spacial score (nSPS) is 31.8. The van der Waals surface area contributed by atoms with Crippen LogP contribution >= 0.6 is 0 Å². The first kappa shape index (κ1) is 14.3. The summed E-state index contributed by atoms with van der Waals surface area (Å²) >= 11 is 0. The van der Waals surface area contributed by atoms with Crippen LogP contribution in [-0.2, 0) is 14.1 Å². The van der Waals surface area contributed by atoms with Gasteiger partial charge in [-0.3, -0.25) is 4.79 Å². The second kappa shape index (κ2) is 4.20. The van der Waals surface area contributed by atoms with Crippen molar-refractivity contribution in [2.75, 3.05) is 0 Å². The van der Waals surface area contributed by atoms with E-state index in [9.17, 15) is 4.79 Å². The number of carbonyl (C=O) groups is 1. The van der Waals surface area contributed by atoms with Gasteiger partial charge in [0.1, 0.15) is 5.78 Å². The average molecular weight is 276 g/mol. The Morgan fingerprint density at radius 2 is 1.70 bits per heavy atom. The summed E-state index contributed by atoms with van der Waals surface area (Å²) in [5.74, 6) is 1.24. The van der Waals surface area contributed by atoms with Gasteiger partial charge in [0.25, 0.3) is 0 Å². The summed E-state index contributed by atoms with van der Waals surface area (Å²) in [5.41, 5.74) is -0.707. The summed E-state index contributed by atoms with van der Waals surface area (Å²) in [5, 5.41) is 0. The number of allylic oxidation sites excluding steroid dienone is 1. The maximum absolute atomic E-state index is 11.6. The maximum Gasteiger partial charge on any atom is 0.462 e. The molecular formula is C16H25BO3. The second-order valence-corrected chi connectivity index (χ2v) is 7.82. The van der Waals surface area contributed by atoms with Gasteiger partial charge in [0.05, 0.1) is 11.2 Å². The van der Waals surface area contributed by atoms with Crippen LogP contribution in [0.5, 0.6) is 0 Å². The maximum atomic E-state index is 11.6. The molecule has 110 valence electrons. The smallest absolute Gasteiger partial charge is 0.403 e. The van der Waals surface area contributed by atoms with E-state index in [0.717, 1.165) is 0 Å². The van der Waals surface area contributed by atoms with E-state index in [4.69, 9.17) is 9.31 Å². The van der Waals surface area contributed by atoms with E-state index in [1.54, 1.807) is 0 Å². The van der Waals surface area contributed by atoms with Crippen LogP contribution in [0.1, 0.15) is 53.4 Å². The molecule has 0 aromatic carbocycles. The standard InChI is InChI=1S/C16H25BO3/c1-6-16(9-12(18)10-16)13(11-7-8-11)17-19-14(2,3)15(4,5)20-17/h6,11,13H,1,7-10H2,2-5H3. The average Bonchev–Trinajstić information content (AvgIpc) is 3.05. The predicted octanol–water partition coefficient (Wildman–Crippen LogP) is 3.39. The van der Waals surface area contributed by atoms with E-state index in [1.807, 2.05) is 6.08 Å². The molecule has 3 fully saturated rings. The molecule has 2 aliphatic carbocycles. The fourth-order valence-corrected chi connectivity index (χ4v) is 3.65. The molecule has 2 saturated carbocycles. The van der Waals surface area contributed by atoms with Crippen molar-refractivity contribution < 1.29 is 14.1 Å². The molecule has 4 heteroatoms. The third-order valence-electron chi connectivity index (χ3n) is 5.82. The van der Waals surface area contributed by atoms with Crippen LogP contribution in [0, 0.1) is 11.3 Å². The van der Waals surface area contributed by atoms with Gasteiger partial charge in [-0.25, -0.2) is 0 Å². The van der Waals surface area contributed by atoms with Crippen LogP contribution < -0.4 is 0 Å². The van der Waals surface area contributed by atoms with Gasteiger partial charge < -0.3 is 9.31 Å². The van der Waals surface area contributed by atoms with Crippen molar-refractivity contribution in [3.8, 4) is 0 Å². The summed E-state index contributed by atoms with van der Waals surface area (Å²) in [7, 11) is -0.210. The third-order valence-corrected chi connectivity index (χ3v) is 5.82. The molecule has 1 aliphatic heterocycles. The molecule has 1 heterocycles. The molecule has 3 nitrogen and oxygen atoms in total. The highest BCUT2D eigenvalue weighted by atomic mass is 16.7. The van der Waals surface area contributed by atoms with E-state index >= 15 is 0 Å². The molecule has 20 heavy (non-hydrogen) atoms. The van der Waals surface area contributed by atoms with Gasteiger partial charge in [0.2, 0.25) is 0 Å². The fourth-order valence-electron chi connectivity index (χ4n) is 3.65. The molecule has 0 N–H and O–H groups in total. The van der Waals surface area contributed by atoms with Crippen molar-refractivity contribution in [2.45, 2.75) is 70.4 Å². The Morgan fingerprint density at radius 1 is 1.20 bits per heavy atom. The number of ketones is 1. The Balaban J connectivity index is 1.86. The Bertz CT molecular complexity index is 427. The first-order valence-corrected chi connectivity index (χ1v) is 7.72. The van der Waals surface area contributed by atoms with E-state index in [2.05, 4.69) is 34.3 Å². The zero-order valence-corrected chi connectivity index (χ0v) is 13.1. The van der Waals surface area contributed by atoms with Crippen LogP contribution in [0.25, 0.3) is 0 Å². The van der Waals surface area contributed by atoms with Gasteiger partial charge in [-0.2, -0.15) is 0 Å². The van der Waals surface area contributed by atoms with Crippen LogP contribution in [0.3, 0.4) is 0 Å². The van der Waals surface area contributed by atoms with Gasteiger partial charge in [-0.15, -0.1) is 6.58 Å². The van der Waals surface area contributed by atoms with Crippen LogP contribution in [0.2, 0.25) is 5.82 Å². The van der Waals surface area contributed by atoms with E-state index < -0.39 is 0 Å². The summed E-state index contributed by atoms with van der Waals surface area (Å²) in [6.07, 6.45) is 5.66. The molecule has 3 aliphatic rings. The van der Waals surface area contributed by atoms with Crippen molar-refractivity contribution in [2.24, 2.45) is 11.3 Å². The Hall–Kier alpha value is -0.605. The predicted molar refractivity (Wildman–Crippen MR) is 79.4 cm³/mol. The highest BCUT2D eigenvalue weighted by Gasteiger charge is 2.63. The Labute approximate surface area is 122 Å². The molecule has 0 spiro atoms. The van der Waals surface area contributed by atoms with Crippen LogP contribution in [0.15, 0.2) is 12.7 Å². The number of Topliss-reactive ketones (excluding diaryl/α,β-unsaturated/α-hetero) is 1. The number of carbonyl (C=O) groups excluding carboxylic acids is 1. The topological polar surface area (TPSA) is 35.5 Å². The molecule has 3 rings (SSSR count). The molecule has 1 unspecified atom stereocenters. The van der Waals surface area contributed by atoms with E-state index in [1.165, 1.54) is 12.8 Å². The minimum Gasteiger partial charge on any atom is -0.403 e. The summed E-state index contributed by atoms with van der Waals surface area (Å²) in [6.45, 7) is 12.3. The lowest BCUT2D eigenvalue weighted by Crippen LogP contribution is -2.47. The fraction of sp³-hybridized carbons (Fsp3) is 0.812. The van der Waals surface area contributed by atoms with Gasteiger partial charge in [0.15, 0.2) is 0 Å². The van der Waals surface area contributed by atoms with Gasteiger partial charge >= 0.3 is 7.12 Å². The molecule has 0 radical (unpaired) electrons. The van der Waals surface area contributed by atoms with Crippen molar-refractivity contribution in [3.63, 3.8) is 0 Å². The number of hydrogen-bond donors (Lipinski definition) is 0. The van der Waals surface area contributed by atoms with Crippen LogP contribution in [0.4, 0.5) is 0 Å². The SMILES string of the molecule is C=CC1(C(B2OC(C)(C)C(C)(C)O2)C2CC2)CC(=O)C1. The zero-order valence-electron chi connectivity index (χ0n) is 13.1. The second-order valence-electron chi connectivity index (χ2n) is 7.82. The summed E-state index contributed by atoms with van der Waals surface area (Å²) in [4.78, 5) is 11.6. The zero-order chi connectivity index (χ0) is 14.8. The van der Waals surface area contributed by atoms with Crippen molar-refractivity contribution >= 4 is 12.9 Å². The van der Waals surface area contributed by atoms with Gasteiger partial charge in [-0.05, 0) is 33.6 Å². The van der Waals surface area contributed by atoms with Crippen LogP contribution in [-0.4, -0.2) is 24.1 Å². The number of rotatable bonds is 4. The molecule has 1 atom stereocenters. The van der Waals surface area contributed by atoms with Crippen molar-refractivity contribution in [3.05, 3.63) is 12.7 Å². The van der Waals surface area contributed by atoms with E-state index in [0.29, 0.717) is 24.5 Å². The largest absolute Gasteiger partial charge is 0.462 e. The summed E-state index contributed by atoms with van der Waals surface area (Å²) in [6, 6.07) is 0. The van der Waals surface area contributed by atoms with Crippen molar-refractivity contribution in [1.29, 1.82) is 0 Å². The Kier molecular flexibility index (Phi) is 3.01. The molecule has 0 bridgehead atoms. The molecule has 0 amide bonds. The van der Waals surface area contributed by atoms with E-state index in [-0.39, 0.29) is 29.6 Å². The van der Waals surface area contributed by atoms with Gasteiger partial charge in [-0.1, -0.05) is 18.9 Å². The molecular weight excluding hydrogens is 251 g/mol. The summed E-state index contributed by atoms with van der Waals surface area (Å²) < 4.78 is 12.5. The third kappa shape index (κ3) is 2.00. The minimum atomic E-state index is -0.305. The lowest BCUT2D eigenvalue weighted by atomic mass is 9.47. The number of hydrogen-bond acceptors (Lipinski definition) is 3. The minimum absolute atomic E-state index is 0.0978. The highest BCUT2D eigenvalue weighted by Crippen LogP contribution is 2.61. The molecule has 0 aromatic heterocycles. The first-order valence-electron chi connectivity index (χ1n) is 7.72. The first-order chi connectivity index (χ1) is 9.21. The highest BCUT2D eigenvalue weighted by molar-refractivity contribution is 6.48. The quantitative estimate of drug-likeness (QED) is 0.583. The monoisotopic (exact) mass is 276 g/mol. The molecule has 1 saturated heterocycles. The van der Waals surface area contributed by atoms with Gasteiger partial charge in [0, 0.05) is 24.1 Å². The Morgan fingerprint density at radius 3 is 2.05 bits per heavy atom. The van der Waals surface area contributed by atoms with Crippen molar-refractivity contribution in [1.82, 2.24) is 0 Å². The molecule has 0 aromatic rings. The lowest BCUT2D eigenvalue weighted by molar-refractivity contribution is -0.130. The lowest BCUT2D eigenvalue weighted by Gasteiger charge is -2.45.